The minimum Gasteiger partial charge on any atom is -0.467 e. The number of esters is 1. The Bertz CT molecular complexity index is 430. The van der Waals surface area contributed by atoms with Gasteiger partial charge in [0.25, 0.3) is 0 Å². The van der Waals surface area contributed by atoms with Crippen LogP contribution in [0.3, 0.4) is 0 Å². The maximum absolute atomic E-state index is 11.3. The zero-order valence-corrected chi connectivity index (χ0v) is 12.4. The maximum atomic E-state index is 11.3. The zero-order valence-electron chi connectivity index (χ0n) is 10.8. The predicted octanol–water partition coefficient (Wildman–Crippen LogP) is 1.61. The van der Waals surface area contributed by atoms with Crippen LogP contribution in [0.5, 0.6) is 0 Å². The van der Waals surface area contributed by atoms with Crippen molar-refractivity contribution in [2.24, 2.45) is 0 Å². The molecule has 2 heterocycles. The molecule has 1 aliphatic heterocycles. The number of nitrogens with one attached hydrogen (secondary N) is 1. The number of nitrogens with zero attached hydrogens (tertiary/aromatic N) is 1. The number of carbonyl (C=O) groups excluding carboxylic acids is 1. The fourth-order valence-electron chi connectivity index (χ4n) is 2.19. The van der Waals surface area contributed by atoms with Gasteiger partial charge in [-0.25, -0.2) is 4.79 Å². The summed E-state index contributed by atoms with van der Waals surface area (Å²) in [5.41, 5.74) is 0.291. The number of carbonyl (C=O) groups is 1. The van der Waals surface area contributed by atoms with Gasteiger partial charge < -0.3 is 14.8 Å². The molecule has 1 aliphatic rings. The van der Waals surface area contributed by atoms with Crippen LogP contribution in [-0.2, 0) is 19.9 Å². The summed E-state index contributed by atoms with van der Waals surface area (Å²) >= 11 is 3.37. The number of pyridine rings is 1. The van der Waals surface area contributed by atoms with Crippen LogP contribution < -0.4 is 5.32 Å². The lowest BCUT2D eigenvalue weighted by atomic mass is 9.90. The van der Waals surface area contributed by atoms with E-state index < -0.39 is 5.60 Å². The topological polar surface area (TPSA) is 60.5 Å². The fourth-order valence-corrected chi connectivity index (χ4v) is 2.43. The molecule has 5 nitrogen and oxygen atoms in total. The normalized spacial score (nSPS) is 23.1. The average Bonchev–Trinajstić information content (AvgIpc) is 2.46. The van der Waals surface area contributed by atoms with E-state index in [1.54, 1.807) is 6.20 Å². The van der Waals surface area contributed by atoms with Gasteiger partial charge in [-0.3, -0.25) is 4.98 Å². The highest BCUT2D eigenvalue weighted by Gasteiger charge is 2.37. The number of ether oxygens (including phenoxy) is 2. The Morgan fingerprint density at radius 3 is 3.00 bits per heavy atom. The van der Waals surface area contributed by atoms with Gasteiger partial charge in [-0.1, -0.05) is 0 Å². The summed E-state index contributed by atoms with van der Waals surface area (Å²) in [7, 11) is 1.36. The van der Waals surface area contributed by atoms with Gasteiger partial charge in [-0.15, -0.1) is 0 Å². The summed E-state index contributed by atoms with van der Waals surface area (Å²) in [4.78, 5) is 15.7. The van der Waals surface area contributed by atoms with E-state index >= 15 is 0 Å². The molecule has 1 fully saturated rings. The minimum absolute atomic E-state index is 0.0596. The van der Waals surface area contributed by atoms with E-state index in [0.29, 0.717) is 6.54 Å². The van der Waals surface area contributed by atoms with Gasteiger partial charge in [0.1, 0.15) is 12.2 Å². The van der Waals surface area contributed by atoms with Crippen LogP contribution >= 0.6 is 15.9 Å². The standard InChI is InChI=1S/C13H17BrN2O3/c1-18-12(17)8-19-13(5-2-6-15-9-13)11-4-3-10(14)7-16-11/h3-4,7,15H,2,5-6,8-9H2,1H3. The molecule has 1 N–H and O–H groups in total. The summed E-state index contributed by atoms with van der Waals surface area (Å²) in [5, 5.41) is 3.30. The van der Waals surface area contributed by atoms with Gasteiger partial charge in [0.15, 0.2) is 0 Å². The molecule has 0 aliphatic carbocycles. The second kappa shape index (κ2) is 6.45. The SMILES string of the molecule is COC(=O)COC1(c2ccc(Br)cn2)CCCNC1. The molecule has 6 heteroatoms. The maximum Gasteiger partial charge on any atom is 0.331 e. The molecule has 1 aromatic heterocycles. The minimum atomic E-state index is -0.548. The lowest BCUT2D eigenvalue weighted by Gasteiger charge is -2.36. The number of rotatable bonds is 4. The Morgan fingerprint density at radius 1 is 1.58 bits per heavy atom. The van der Waals surface area contributed by atoms with Gasteiger partial charge in [0, 0.05) is 17.2 Å². The molecule has 0 radical (unpaired) electrons. The number of aromatic nitrogens is 1. The number of hydrogen-bond acceptors (Lipinski definition) is 5. The molecular weight excluding hydrogens is 312 g/mol. The third kappa shape index (κ3) is 3.52. The van der Waals surface area contributed by atoms with Crippen LogP contribution in [0.15, 0.2) is 22.8 Å². The van der Waals surface area contributed by atoms with Crippen LogP contribution in [0.25, 0.3) is 0 Å². The Hall–Kier alpha value is -0.980. The van der Waals surface area contributed by atoms with Gasteiger partial charge in [-0.2, -0.15) is 0 Å². The van der Waals surface area contributed by atoms with Crippen LogP contribution in [0.4, 0.5) is 0 Å². The number of piperidine rings is 1. The van der Waals surface area contributed by atoms with Crippen molar-refractivity contribution in [3.05, 3.63) is 28.5 Å². The predicted molar refractivity (Wildman–Crippen MR) is 73.7 cm³/mol. The quantitative estimate of drug-likeness (QED) is 0.851. The molecule has 0 spiro atoms. The van der Waals surface area contributed by atoms with E-state index in [1.165, 1.54) is 7.11 Å². The molecule has 0 saturated carbocycles. The Morgan fingerprint density at radius 2 is 2.42 bits per heavy atom. The smallest absolute Gasteiger partial charge is 0.331 e. The summed E-state index contributed by atoms with van der Waals surface area (Å²) in [6.07, 6.45) is 3.57. The second-order valence-electron chi connectivity index (χ2n) is 4.50. The largest absolute Gasteiger partial charge is 0.467 e. The third-order valence-corrected chi connectivity index (χ3v) is 3.70. The second-order valence-corrected chi connectivity index (χ2v) is 5.42. The van der Waals surface area contributed by atoms with Crippen molar-refractivity contribution in [3.63, 3.8) is 0 Å². The van der Waals surface area contributed by atoms with Crippen LogP contribution in [-0.4, -0.2) is 37.8 Å². The van der Waals surface area contributed by atoms with Crippen molar-refractivity contribution in [1.82, 2.24) is 10.3 Å². The molecular formula is C13H17BrN2O3. The fraction of sp³-hybridized carbons (Fsp3) is 0.538. The third-order valence-electron chi connectivity index (χ3n) is 3.23. The average molecular weight is 329 g/mol. The Balaban J connectivity index is 2.18. The zero-order chi connectivity index (χ0) is 13.7. The van der Waals surface area contributed by atoms with Gasteiger partial charge in [0.2, 0.25) is 0 Å². The molecule has 104 valence electrons. The molecule has 0 aromatic carbocycles. The number of methoxy groups -OCH3 is 1. The lowest BCUT2D eigenvalue weighted by Crippen LogP contribution is -2.46. The summed E-state index contributed by atoms with van der Waals surface area (Å²) in [6, 6.07) is 3.86. The van der Waals surface area contributed by atoms with E-state index in [2.05, 4.69) is 31.0 Å². The van der Waals surface area contributed by atoms with Crippen LogP contribution in [0.1, 0.15) is 18.5 Å². The summed E-state index contributed by atoms with van der Waals surface area (Å²) < 4.78 is 11.4. The van der Waals surface area contributed by atoms with Crippen molar-refractivity contribution in [1.29, 1.82) is 0 Å². The molecule has 2 rings (SSSR count). The van der Waals surface area contributed by atoms with Crippen molar-refractivity contribution in [2.75, 3.05) is 26.8 Å². The monoisotopic (exact) mass is 328 g/mol. The first-order valence-corrected chi connectivity index (χ1v) is 6.99. The van der Waals surface area contributed by atoms with E-state index in [1.807, 2.05) is 12.1 Å². The van der Waals surface area contributed by atoms with Crippen molar-refractivity contribution >= 4 is 21.9 Å². The highest BCUT2D eigenvalue weighted by molar-refractivity contribution is 9.10. The molecule has 1 aromatic rings. The first-order chi connectivity index (χ1) is 9.16. The Labute approximate surface area is 120 Å². The van der Waals surface area contributed by atoms with E-state index in [0.717, 1.165) is 29.6 Å². The first-order valence-electron chi connectivity index (χ1n) is 6.20. The molecule has 0 amide bonds. The summed E-state index contributed by atoms with van der Waals surface area (Å²) in [6.45, 7) is 1.55. The number of halogens is 1. The van der Waals surface area contributed by atoms with Gasteiger partial charge in [0.05, 0.1) is 12.8 Å². The van der Waals surface area contributed by atoms with E-state index in [4.69, 9.17) is 4.74 Å². The molecule has 1 saturated heterocycles. The lowest BCUT2D eigenvalue weighted by molar-refractivity contribution is -0.156. The van der Waals surface area contributed by atoms with Crippen molar-refractivity contribution in [2.45, 2.75) is 18.4 Å². The van der Waals surface area contributed by atoms with E-state index in [9.17, 15) is 4.79 Å². The summed E-state index contributed by atoms with van der Waals surface area (Å²) in [5.74, 6) is -0.373. The number of hydrogen-bond donors (Lipinski definition) is 1. The van der Waals surface area contributed by atoms with Crippen molar-refractivity contribution in [3.8, 4) is 0 Å². The molecule has 0 bridgehead atoms. The first kappa shape index (κ1) is 14.4. The van der Waals surface area contributed by atoms with Crippen LogP contribution in [0, 0.1) is 0 Å². The van der Waals surface area contributed by atoms with Crippen LogP contribution in [0.2, 0.25) is 0 Å². The van der Waals surface area contributed by atoms with E-state index in [-0.39, 0.29) is 12.6 Å². The van der Waals surface area contributed by atoms with Gasteiger partial charge >= 0.3 is 5.97 Å². The molecule has 1 atom stereocenters. The highest BCUT2D eigenvalue weighted by Crippen LogP contribution is 2.31. The van der Waals surface area contributed by atoms with Crippen molar-refractivity contribution < 1.29 is 14.3 Å². The molecule has 19 heavy (non-hydrogen) atoms. The van der Waals surface area contributed by atoms with Gasteiger partial charge in [-0.05, 0) is 47.4 Å². The Kier molecular flexibility index (Phi) is 4.90. The highest BCUT2D eigenvalue weighted by atomic mass is 79.9. The molecule has 1 unspecified atom stereocenters.